The Morgan fingerprint density at radius 1 is 1.47 bits per heavy atom. The Morgan fingerprint density at radius 3 is 2.71 bits per heavy atom. The third-order valence-corrected chi connectivity index (χ3v) is 3.10. The number of halogens is 2. The van der Waals surface area contributed by atoms with E-state index in [2.05, 4.69) is 0 Å². The highest BCUT2D eigenvalue weighted by molar-refractivity contribution is 5.95. The van der Waals surface area contributed by atoms with Crippen molar-refractivity contribution in [1.29, 1.82) is 0 Å². The molecule has 5 heteroatoms. The van der Waals surface area contributed by atoms with Crippen LogP contribution >= 0.6 is 0 Å². The molecule has 1 N–H and O–H groups in total. The van der Waals surface area contributed by atoms with Gasteiger partial charge in [-0.15, -0.1) is 0 Å². The maximum Gasteiger partial charge on any atom is 0.257 e. The van der Waals surface area contributed by atoms with E-state index in [1.54, 1.807) is 0 Å². The number of β-amino-alcohol motifs (C(OH)–C–C–N with tert-alkyl or cyclic N) is 1. The molecular weight excluding hydrogens is 228 g/mol. The molecule has 0 radical (unpaired) electrons. The van der Waals surface area contributed by atoms with Gasteiger partial charge in [-0.3, -0.25) is 4.79 Å². The topological polar surface area (TPSA) is 40.5 Å². The van der Waals surface area contributed by atoms with E-state index >= 15 is 0 Å². The second-order valence-electron chi connectivity index (χ2n) is 4.34. The van der Waals surface area contributed by atoms with Crippen LogP contribution in [0.25, 0.3) is 0 Å². The van der Waals surface area contributed by atoms with Gasteiger partial charge in [0.25, 0.3) is 5.91 Å². The summed E-state index contributed by atoms with van der Waals surface area (Å²) in [5.74, 6) is -2.76. The van der Waals surface area contributed by atoms with Crippen LogP contribution in [0.5, 0.6) is 0 Å². The van der Waals surface area contributed by atoms with E-state index < -0.39 is 23.1 Å². The molecule has 1 aromatic rings. The van der Waals surface area contributed by atoms with Crippen LogP contribution < -0.4 is 0 Å². The zero-order valence-electron chi connectivity index (χ0n) is 9.41. The Balaban J connectivity index is 2.15. The number of hydrogen-bond donors (Lipinski definition) is 1. The molecule has 2 rings (SSSR count). The van der Waals surface area contributed by atoms with E-state index in [1.165, 1.54) is 17.0 Å². The van der Waals surface area contributed by atoms with Crippen molar-refractivity contribution in [2.24, 2.45) is 0 Å². The molecule has 1 aliphatic heterocycles. The Labute approximate surface area is 97.7 Å². The number of carbonyl (C=O) groups excluding carboxylic acids is 1. The zero-order valence-corrected chi connectivity index (χ0v) is 9.41. The minimum absolute atomic E-state index is 0.165. The van der Waals surface area contributed by atoms with Gasteiger partial charge in [0, 0.05) is 0 Å². The highest BCUT2D eigenvalue weighted by Gasteiger charge is 2.42. The van der Waals surface area contributed by atoms with Crippen LogP contribution in [0.2, 0.25) is 0 Å². The first-order valence-corrected chi connectivity index (χ1v) is 5.42. The van der Waals surface area contributed by atoms with Gasteiger partial charge in [-0.1, -0.05) is 13.0 Å². The quantitative estimate of drug-likeness (QED) is 0.853. The fourth-order valence-electron chi connectivity index (χ4n) is 1.87. The fourth-order valence-corrected chi connectivity index (χ4v) is 1.87. The summed E-state index contributed by atoms with van der Waals surface area (Å²) >= 11 is 0. The lowest BCUT2D eigenvalue weighted by Crippen LogP contribution is -2.63. The van der Waals surface area contributed by atoms with Gasteiger partial charge >= 0.3 is 0 Å². The molecule has 92 valence electrons. The number of nitrogens with zero attached hydrogens (tertiary/aromatic N) is 1. The van der Waals surface area contributed by atoms with Crippen LogP contribution in [0.3, 0.4) is 0 Å². The molecule has 1 fully saturated rings. The Hall–Kier alpha value is -1.49. The van der Waals surface area contributed by atoms with Crippen LogP contribution in [0.4, 0.5) is 8.78 Å². The number of likely N-dealkylation sites (tertiary alicyclic amines) is 1. The van der Waals surface area contributed by atoms with E-state index in [0.717, 1.165) is 6.07 Å². The second kappa shape index (κ2) is 4.07. The standard InChI is InChI=1S/C12H13F2NO2/c1-2-12(17)6-15(7-12)11(16)8-4-3-5-9(13)10(8)14/h3-5,17H,2,6-7H2,1H3. The van der Waals surface area contributed by atoms with Crippen molar-refractivity contribution in [3.63, 3.8) is 0 Å². The molecule has 0 bridgehead atoms. The largest absolute Gasteiger partial charge is 0.386 e. The lowest BCUT2D eigenvalue weighted by atomic mass is 9.90. The first-order chi connectivity index (χ1) is 7.97. The number of aliphatic hydroxyl groups is 1. The molecule has 0 aliphatic carbocycles. The smallest absolute Gasteiger partial charge is 0.257 e. The lowest BCUT2D eigenvalue weighted by Gasteiger charge is -2.46. The van der Waals surface area contributed by atoms with E-state index in [-0.39, 0.29) is 18.7 Å². The van der Waals surface area contributed by atoms with Gasteiger partial charge in [0.05, 0.1) is 24.3 Å². The summed E-state index contributed by atoms with van der Waals surface area (Å²) < 4.78 is 26.3. The summed E-state index contributed by atoms with van der Waals surface area (Å²) in [6, 6.07) is 3.49. The Bertz CT molecular complexity index is 456. The van der Waals surface area contributed by atoms with Crippen LogP contribution in [0.15, 0.2) is 18.2 Å². The van der Waals surface area contributed by atoms with Gasteiger partial charge in [0.2, 0.25) is 0 Å². The molecule has 3 nitrogen and oxygen atoms in total. The molecule has 17 heavy (non-hydrogen) atoms. The van der Waals surface area contributed by atoms with Gasteiger partial charge in [-0.05, 0) is 18.6 Å². The molecule has 1 aliphatic rings. The average molecular weight is 241 g/mol. The van der Waals surface area contributed by atoms with Crippen molar-refractivity contribution in [2.75, 3.05) is 13.1 Å². The van der Waals surface area contributed by atoms with E-state index in [9.17, 15) is 18.7 Å². The molecule has 1 heterocycles. The van der Waals surface area contributed by atoms with Gasteiger partial charge in [0.1, 0.15) is 0 Å². The molecule has 0 saturated carbocycles. The van der Waals surface area contributed by atoms with E-state index in [0.29, 0.717) is 6.42 Å². The SMILES string of the molecule is CCC1(O)CN(C(=O)c2cccc(F)c2F)C1. The monoisotopic (exact) mass is 241 g/mol. The van der Waals surface area contributed by atoms with Gasteiger partial charge < -0.3 is 10.0 Å². The molecular formula is C12H13F2NO2. The second-order valence-corrected chi connectivity index (χ2v) is 4.34. The van der Waals surface area contributed by atoms with Gasteiger partial charge in [-0.25, -0.2) is 8.78 Å². The van der Waals surface area contributed by atoms with Gasteiger partial charge in [-0.2, -0.15) is 0 Å². The normalized spacial score (nSPS) is 17.8. The number of amides is 1. The van der Waals surface area contributed by atoms with Crippen LogP contribution in [-0.4, -0.2) is 34.6 Å². The first kappa shape index (κ1) is 12.0. The summed E-state index contributed by atoms with van der Waals surface area (Å²) in [4.78, 5) is 13.1. The lowest BCUT2D eigenvalue weighted by molar-refractivity contribution is -0.0827. The van der Waals surface area contributed by atoms with E-state index in [1.807, 2.05) is 6.92 Å². The highest BCUT2D eigenvalue weighted by Crippen LogP contribution is 2.26. The van der Waals surface area contributed by atoms with Crippen molar-refractivity contribution < 1.29 is 18.7 Å². The van der Waals surface area contributed by atoms with Crippen molar-refractivity contribution in [3.8, 4) is 0 Å². The maximum absolute atomic E-state index is 13.4. The third kappa shape index (κ3) is 2.02. The number of benzene rings is 1. The summed E-state index contributed by atoms with van der Waals surface area (Å²) in [6.45, 7) is 2.14. The average Bonchev–Trinajstić information content (AvgIpc) is 2.28. The van der Waals surface area contributed by atoms with Crippen molar-refractivity contribution in [2.45, 2.75) is 18.9 Å². The molecule has 0 atom stereocenters. The van der Waals surface area contributed by atoms with Crippen LogP contribution in [-0.2, 0) is 0 Å². The predicted octanol–water partition coefficient (Wildman–Crippen LogP) is 1.56. The summed E-state index contributed by atoms with van der Waals surface area (Å²) in [5, 5.41) is 9.75. The predicted molar refractivity (Wildman–Crippen MR) is 57.5 cm³/mol. The Morgan fingerprint density at radius 2 is 2.12 bits per heavy atom. The minimum Gasteiger partial charge on any atom is -0.386 e. The Kier molecular flexibility index (Phi) is 2.87. The third-order valence-electron chi connectivity index (χ3n) is 3.10. The van der Waals surface area contributed by atoms with Crippen molar-refractivity contribution in [3.05, 3.63) is 35.4 Å². The molecule has 1 saturated heterocycles. The van der Waals surface area contributed by atoms with Crippen LogP contribution in [0, 0.1) is 11.6 Å². The van der Waals surface area contributed by atoms with Crippen molar-refractivity contribution in [1.82, 2.24) is 4.90 Å². The first-order valence-electron chi connectivity index (χ1n) is 5.42. The van der Waals surface area contributed by atoms with Crippen molar-refractivity contribution >= 4 is 5.91 Å². The molecule has 0 unspecified atom stereocenters. The molecule has 0 spiro atoms. The number of rotatable bonds is 2. The molecule has 1 amide bonds. The summed E-state index contributed by atoms with van der Waals surface area (Å²) in [7, 11) is 0. The highest BCUT2D eigenvalue weighted by atomic mass is 19.2. The van der Waals surface area contributed by atoms with Gasteiger partial charge in [0.15, 0.2) is 11.6 Å². The molecule has 1 aromatic carbocycles. The summed E-state index contributed by atoms with van der Waals surface area (Å²) in [6.07, 6.45) is 0.530. The molecule has 0 aromatic heterocycles. The summed E-state index contributed by atoms with van der Waals surface area (Å²) in [5.41, 5.74) is -1.16. The van der Waals surface area contributed by atoms with E-state index in [4.69, 9.17) is 0 Å². The number of hydrogen-bond acceptors (Lipinski definition) is 2. The minimum atomic E-state index is -1.13. The maximum atomic E-state index is 13.4. The van der Waals surface area contributed by atoms with Crippen LogP contribution in [0.1, 0.15) is 23.7 Å². The fraction of sp³-hybridized carbons (Fsp3) is 0.417. The number of carbonyl (C=O) groups is 1. The zero-order chi connectivity index (χ0) is 12.6.